The Morgan fingerprint density at radius 2 is 1.94 bits per heavy atom. The molecule has 3 fully saturated rings. The van der Waals surface area contributed by atoms with Crippen LogP contribution in [0.1, 0.15) is 36.0 Å². The van der Waals surface area contributed by atoms with Crippen molar-refractivity contribution in [3.05, 3.63) is 84.0 Å². The second-order valence-corrected chi connectivity index (χ2v) is 9.47. The highest BCUT2D eigenvalue weighted by Crippen LogP contribution is 2.32. The van der Waals surface area contributed by atoms with E-state index in [0.29, 0.717) is 17.9 Å². The molecule has 1 aliphatic carbocycles. The van der Waals surface area contributed by atoms with Crippen LogP contribution < -0.4 is 5.32 Å². The number of allylic oxidation sites excluding steroid dienone is 1. The fraction of sp³-hybridized carbons (Fsp3) is 0.321. The summed E-state index contributed by atoms with van der Waals surface area (Å²) in [7, 11) is 0. The lowest BCUT2D eigenvalue weighted by Gasteiger charge is -2.47. The average Bonchev–Trinajstić information content (AvgIpc) is 3.06. The number of amides is 1. The molecule has 0 saturated carbocycles. The molecule has 1 amide bonds. The first-order valence-corrected chi connectivity index (χ1v) is 12.1. The largest absolute Gasteiger partial charge is 0.372 e. The van der Waals surface area contributed by atoms with Crippen molar-refractivity contribution in [1.29, 1.82) is 0 Å². The maximum atomic E-state index is 13.2. The molecule has 2 aromatic heterocycles. The molecule has 2 bridgehead atoms. The average molecular weight is 453 g/mol. The summed E-state index contributed by atoms with van der Waals surface area (Å²) in [6, 6.07) is 12.4. The lowest BCUT2D eigenvalue weighted by Crippen LogP contribution is -2.56. The van der Waals surface area contributed by atoms with Crippen molar-refractivity contribution in [3.8, 4) is 11.1 Å². The van der Waals surface area contributed by atoms with Gasteiger partial charge in [-0.3, -0.25) is 19.7 Å². The normalized spacial score (nSPS) is 21.6. The van der Waals surface area contributed by atoms with Gasteiger partial charge in [0, 0.05) is 55.8 Å². The molecule has 0 spiro atoms. The molecule has 1 N–H and O–H groups in total. The summed E-state index contributed by atoms with van der Waals surface area (Å²) in [6.45, 7) is 2.89. The predicted molar refractivity (Wildman–Crippen MR) is 132 cm³/mol. The Kier molecular flexibility index (Phi) is 5.69. The van der Waals surface area contributed by atoms with Crippen LogP contribution in [-0.4, -0.2) is 46.1 Å². The number of piperidine rings is 1. The number of anilines is 1. The van der Waals surface area contributed by atoms with Crippen molar-refractivity contribution in [2.45, 2.75) is 44.4 Å². The third-order valence-corrected chi connectivity index (χ3v) is 6.93. The van der Waals surface area contributed by atoms with Crippen molar-refractivity contribution in [3.63, 3.8) is 0 Å². The fourth-order valence-corrected chi connectivity index (χ4v) is 5.28. The Balaban J connectivity index is 1.26. The van der Waals surface area contributed by atoms with Gasteiger partial charge in [0.15, 0.2) is 0 Å². The second kappa shape index (κ2) is 9.12. The molecule has 1 aromatic carbocycles. The number of carbonyl (C=O) groups is 1. The van der Waals surface area contributed by atoms with E-state index in [0.717, 1.165) is 61.2 Å². The first-order chi connectivity index (χ1) is 16.7. The SMILES string of the molecule is O=C(Nc1cccnc1)C1=CCCCc2ccc(-c3cncc(CN4CC5CC(C4)O5)c3)cc21. The van der Waals surface area contributed by atoms with Gasteiger partial charge in [0.25, 0.3) is 5.91 Å². The molecule has 4 aliphatic rings. The molecule has 34 heavy (non-hydrogen) atoms. The van der Waals surface area contributed by atoms with Gasteiger partial charge in [0.05, 0.1) is 24.1 Å². The van der Waals surface area contributed by atoms with E-state index in [1.807, 2.05) is 24.5 Å². The van der Waals surface area contributed by atoms with E-state index in [9.17, 15) is 4.79 Å². The van der Waals surface area contributed by atoms with Gasteiger partial charge in [0.2, 0.25) is 0 Å². The lowest BCUT2D eigenvalue weighted by molar-refractivity contribution is -0.182. The number of nitrogens with one attached hydrogen (secondary N) is 1. The molecule has 2 unspecified atom stereocenters. The molecule has 3 aromatic rings. The Hall–Kier alpha value is -3.35. The minimum Gasteiger partial charge on any atom is -0.372 e. The Labute approximate surface area is 199 Å². The van der Waals surface area contributed by atoms with E-state index >= 15 is 0 Å². The molecule has 5 heterocycles. The first-order valence-electron chi connectivity index (χ1n) is 12.1. The monoisotopic (exact) mass is 452 g/mol. The van der Waals surface area contributed by atoms with E-state index in [1.165, 1.54) is 17.5 Å². The molecule has 6 nitrogen and oxygen atoms in total. The van der Waals surface area contributed by atoms with Gasteiger partial charge in [0.1, 0.15) is 0 Å². The van der Waals surface area contributed by atoms with E-state index in [2.05, 4.69) is 50.5 Å². The Morgan fingerprint density at radius 3 is 2.76 bits per heavy atom. The maximum Gasteiger partial charge on any atom is 0.255 e. The predicted octanol–water partition coefficient (Wildman–Crippen LogP) is 4.48. The van der Waals surface area contributed by atoms with Gasteiger partial charge in [-0.1, -0.05) is 18.2 Å². The fourth-order valence-electron chi connectivity index (χ4n) is 5.28. The third kappa shape index (κ3) is 4.39. The van der Waals surface area contributed by atoms with Gasteiger partial charge in [-0.15, -0.1) is 0 Å². The van der Waals surface area contributed by atoms with Crippen molar-refractivity contribution < 1.29 is 9.53 Å². The molecule has 3 aliphatic heterocycles. The number of ether oxygens (including phenoxy) is 1. The molecule has 7 rings (SSSR count). The van der Waals surface area contributed by atoms with Gasteiger partial charge < -0.3 is 10.1 Å². The molecule has 0 radical (unpaired) electrons. The summed E-state index contributed by atoms with van der Waals surface area (Å²) >= 11 is 0. The first kappa shape index (κ1) is 21.2. The van der Waals surface area contributed by atoms with E-state index in [4.69, 9.17) is 4.74 Å². The number of fused-ring (bicyclic) bond motifs is 3. The summed E-state index contributed by atoms with van der Waals surface area (Å²) in [4.78, 5) is 24.3. The van der Waals surface area contributed by atoms with E-state index in [-0.39, 0.29) is 5.91 Å². The zero-order valence-electron chi connectivity index (χ0n) is 19.1. The minimum absolute atomic E-state index is 0.0916. The maximum absolute atomic E-state index is 13.2. The van der Waals surface area contributed by atoms with Crippen LogP contribution in [0.5, 0.6) is 0 Å². The van der Waals surface area contributed by atoms with Gasteiger partial charge in [-0.05, 0) is 65.8 Å². The van der Waals surface area contributed by atoms with Crippen molar-refractivity contribution in [1.82, 2.24) is 14.9 Å². The topological polar surface area (TPSA) is 67.4 Å². The number of nitrogens with zero attached hydrogens (tertiary/aromatic N) is 3. The van der Waals surface area contributed by atoms with Crippen LogP contribution in [0.25, 0.3) is 16.7 Å². The number of pyridine rings is 2. The summed E-state index contributed by atoms with van der Waals surface area (Å²) in [5.41, 5.74) is 7.03. The number of hydrogen-bond acceptors (Lipinski definition) is 5. The molecule has 172 valence electrons. The molecular formula is C28H28N4O2. The van der Waals surface area contributed by atoms with Crippen LogP contribution in [-0.2, 0) is 22.5 Å². The zero-order valence-corrected chi connectivity index (χ0v) is 19.1. The summed E-state index contributed by atoms with van der Waals surface area (Å²) in [6.07, 6.45) is 14.2. The van der Waals surface area contributed by atoms with Crippen LogP contribution in [0.15, 0.2) is 67.3 Å². The van der Waals surface area contributed by atoms with E-state index < -0.39 is 0 Å². The smallest absolute Gasteiger partial charge is 0.255 e. The number of morpholine rings is 1. The van der Waals surface area contributed by atoms with Crippen LogP contribution in [0.3, 0.4) is 0 Å². The standard InChI is InChI=1S/C28H28N4O2/c33-28(31-23-5-3-9-29-15-23)26-6-2-1-4-20-7-8-21(11-27(20)26)22-10-19(13-30-14-22)16-32-17-24-12-25(18-32)34-24/h3,5-11,13-15,24-25H,1-2,4,12,16-18H2,(H,31,33). The quantitative estimate of drug-likeness (QED) is 0.619. The van der Waals surface area contributed by atoms with Gasteiger partial charge in [-0.25, -0.2) is 0 Å². The molecule has 2 atom stereocenters. The summed E-state index contributed by atoms with van der Waals surface area (Å²) in [5.74, 6) is -0.0916. The molecule has 3 saturated heterocycles. The Bertz CT molecular complexity index is 1220. The highest BCUT2D eigenvalue weighted by atomic mass is 16.5. The number of aromatic nitrogens is 2. The number of benzene rings is 1. The van der Waals surface area contributed by atoms with Gasteiger partial charge >= 0.3 is 0 Å². The lowest BCUT2D eigenvalue weighted by atomic mass is 9.93. The summed E-state index contributed by atoms with van der Waals surface area (Å²) in [5, 5.41) is 3.00. The zero-order chi connectivity index (χ0) is 22.9. The number of carbonyl (C=O) groups excluding carboxylic acids is 1. The second-order valence-electron chi connectivity index (χ2n) is 9.47. The highest BCUT2D eigenvalue weighted by molar-refractivity contribution is 6.25. The van der Waals surface area contributed by atoms with E-state index in [1.54, 1.807) is 12.4 Å². The number of hydrogen-bond donors (Lipinski definition) is 1. The number of aryl methyl sites for hydroxylation is 1. The van der Waals surface area contributed by atoms with Crippen LogP contribution in [0, 0.1) is 0 Å². The molecule has 6 heteroatoms. The minimum atomic E-state index is -0.0916. The molecular weight excluding hydrogens is 424 g/mol. The van der Waals surface area contributed by atoms with Crippen molar-refractivity contribution in [2.75, 3.05) is 18.4 Å². The van der Waals surface area contributed by atoms with Gasteiger partial charge in [-0.2, -0.15) is 0 Å². The van der Waals surface area contributed by atoms with Crippen LogP contribution in [0.4, 0.5) is 5.69 Å². The highest BCUT2D eigenvalue weighted by Gasteiger charge is 2.38. The number of rotatable bonds is 5. The third-order valence-electron chi connectivity index (χ3n) is 6.93. The van der Waals surface area contributed by atoms with Crippen LogP contribution in [0.2, 0.25) is 0 Å². The van der Waals surface area contributed by atoms with Crippen LogP contribution >= 0.6 is 0 Å². The summed E-state index contributed by atoms with van der Waals surface area (Å²) < 4.78 is 5.77. The Morgan fingerprint density at radius 1 is 1.06 bits per heavy atom. The van der Waals surface area contributed by atoms with Crippen molar-refractivity contribution >= 4 is 17.2 Å². The van der Waals surface area contributed by atoms with Crippen molar-refractivity contribution in [2.24, 2.45) is 0 Å².